The molecule has 0 saturated carbocycles. The molecule has 0 aromatic heterocycles. The van der Waals surface area contributed by atoms with Crippen LogP contribution in [-0.4, -0.2) is 29.3 Å². The number of piperazine rings is 1. The van der Waals surface area contributed by atoms with Gasteiger partial charge in [0.15, 0.2) is 0 Å². The maximum absolute atomic E-state index is 14.4. The third-order valence-corrected chi connectivity index (χ3v) is 5.33. The summed E-state index contributed by atoms with van der Waals surface area (Å²) in [5.41, 5.74) is -0.377. The highest BCUT2D eigenvalue weighted by atomic mass is 19.1. The van der Waals surface area contributed by atoms with Crippen LogP contribution in [0, 0.1) is 23.0 Å². The maximum atomic E-state index is 14.4. The highest BCUT2D eigenvalue weighted by Crippen LogP contribution is 2.31. The van der Waals surface area contributed by atoms with Gasteiger partial charge in [0, 0.05) is 19.0 Å². The van der Waals surface area contributed by atoms with E-state index >= 15 is 0 Å². The van der Waals surface area contributed by atoms with Gasteiger partial charge in [-0.05, 0) is 49.2 Å². The largest absolute Gasteiger partial charge is 0.326 e. The van der Waals surface area contributed by atoms with Crippen LogP contribution in [0.4, 0.5) is 8.78 Å². The number of hydrogen-bond acceptors (Lipinski definition) is 3. The fraction of sp³-hybridized carbons (Fsp3) is 0.227. The molecule has 1 saturated heterocycles. The third-order valence-electron chi connectivity index (χ3n) is 5.33. The van der Waals surface area contributed by atoms with Crippen LogP contribution in [0.2, 0.25) is 0 Å². The number of halogens is 2. The molecule has 148 valence electrons. The first kappa shape index (κ1) is 20.2. The molecular weight excluding hydrogens is 376 g/mol. The van der Waals surface area contributed by atoms with E-state index in [1.165, 1.54) is 49.2 Å². The number of nitrogens with zero attached hydrogens (tertiary/aromatic N) is 2. The highest BCUT2D eigenvalue weighted by molar-refractivity contribution is 6.10. The minimum absolute atomic E-state index is 0.0193. The van der Waals surface area contributed by atoms with Crippen molar-refractivity contribution in [2.24, 2.45) is 0 Å². The van der Waals surface area contributed by atoms with Crippen molar-refractivity contribution in [1.82, 2.24) is 10.2 Å². The van der Waals surface area contributed by atoms with Gasteiger partial charge in [-0.15, -0.1) is 0 Å². The number of hydrogen-bond donors (Lipinski definition) is 1. The number of amides is 2. The summed E-state index contributed by atoms with van der Waals surface area (Å²) in [6.07, 6.45) is 0.177. The van der Waals surface area contributed by atoms with Gasteiger partial charge in [-0.1, -0.05) is 18.2 Å². The molecule has 0 aliphatic carbocycles. The summed E-state index contributed by atoms with van der Waals surface area (Å²) in [5, 5.41) is 11.9. The normalized spacial score (nSPS) is 20.9. The van der Waals surface area contributed by atoms with E-state index in [1.54, 1.807) is 19.1 Å². The predicted molar refractivity (Wildman–Crippen MR) is 103 cm³/mol. The molecule has 1 N–H and O–H groups in total. The fourth-order valence-electron chi connectivity index (χ4n) is 3.42. The van der Waals surface area contributed by atoms with Crippen molar-refractivity contribution in [3.63, 3.8) is 0 Å². The number of nitrogens with one attached hydrogen (secondary N) is 1. The van der Waals surface area contributed by atoms with Crippen LogP contribution >= 0.6 is 0 Å². The summed E-state index contributed by atoms with van der Waals surface area (Å²) in [6, 6.07) is 11.6. The Balaban J connectivity index is 2.01. The van der Waals surface area contributed by atoms with Gasteiger partial charge in [-0.3, -0.25) is 9.59 Å². The fourth-order valence-corrected chi connectivity index (χ4v) is 3.42. The summed E-state index contributed by atoms with van der Waals surface area (Å²) in [5.74, 6) is -2.00. The molecule has 2 amide bonds. The Labute approximate surface area is 167 Å². The second kappa shape index (κ2) is 7.47. The van der Waals surface area contributed by atoms with E-state index in [4.69, 9.17) is 0 Å². The van der Waals surface area contributed by atoms with Crippen LogP contribution in [0.15, 0.2) is 48.2 Å². The molecule has 1 fully saturated rings. The van der Waals surface area contributed by atoms with Gasteiger partial charge in [0.25, 0.3) is 11.8 Å². The first-order valence-corrected chi connectivity index (χ1v) is 8.93. The average molecular weight is 395 g/mol. The van der Waals surface area contributed by atoms with Crippen molar-refractivity contribution in [2.45, 2.75) is 25.8 Å². The van der Waals surface area contributed by atoms with Crippen molar-refractivity contribution in [2.75, 3.05) is 7.05 Å². The first-order chi connectivity index (χ1) is 13.7. The van der Waals surface area contributed by atoms with Gasteiger partial charge in [-0.25, -0.2) is 8.78 Å². The zero-order valence-electron chi connectivity index (χ0n) is 16.2. The second-order valence-corrected chi connectivity index (χ2v) is 7.17. The standard InChI is InChI=1S/C22H19F2N3O2/c1-13(18-15(12-25)5-4-6-17(18)24)19-20(28)27(3)22(2,21(29)26-19)11-14-7-9-16(23)10-8-14/h4-10H,11H2,1-3H3,(H,26,29). The molecule has 1 atom stereocenters. The average Bonchev–Trinajstić information content (AvgIpc) is 2.70. The lowest BCUT2D eigenvalue weighted by Gasteiger charge is -2.42. The van der Waals surface area contributed by atoms with Crippen LogP contribution in [0.5, 0.6) is 0 Å². The number of carbonyl (C=O) groups excluding carboxylic acids is 2. The van der Waals surface area contributed by atoms with Crippen molar-refractivity contribution in [3.8, 4) is 6.07 Å². The predicted octanol–water partition coefficient (Wildman–Crippen LogP) is 3.16. The molecule has 1 unspecified atom stereocenters. The summed E-state index contributed by atoms with van der Waals surface area (Å²) in [7, 11) is 1.49. The molecular formula is C22H19F2N3O2. The van der Waals surface area contributed by atoms with Crippen LogP contribution < -0.4 is 5.32 Å². The zero-order valence-corrected chi connectivity index (χ0v) is 16.2. The Morgan fingerprint density at radius 2 is 1.83 bits per heavy atom. The molecule has 1 aliphatic heterocycles. The molecule has 7 heteroatoms. The quantitative estimate of drug-likeness (QED) is 0.812. The molecule has 1 heterocycles. The van der Waals surface area contributed by atoms with Crippen LogP contribution in [0.25, 0.3) is 5.57 Å². The molecule has 2 aromatic carbocycles. The van der Waals surface area contributed by atoms with Crippen molar-refractivity contribution < 1.29 is 18.4 Å². The number of rotatable bonds is 3. The third kappa shape index (κ3) is 3.49. The Morgan fingerprint density at radius 3 is 2.45 bits per heavy atom. The Bertz CT molecular complexity index is 1070. The molecule has 0 spiro atoms. The lowest BCUT2D eigenvalue weighted by atomic mass is 9.87. The Hall–Kier alpha value is -3.53. The first-order valence-electron chi connectivity index (χ1n) is 8.93. The van der Waals surface area contributed by atoms with E-state index < -0.39 is 29.0 Å². The second-order valence-electron chi connectivity index (χ2n) is 7.17. The zero-order chi connectivity index (χ0) is 21.3. The lowest BCUT2D eigenvalue weighted by molar-refractivity contribution is -0.147. The Kier molecular flexibility index (Phi) is 5.21. The highest BCUT2D eigenvalue weighted by Gasteiger charge is 2.46. The van der Waals surface area contributed by atoms with Crippen molar-refractivity contribution >= 4 is 17.4 Å². The van der Waals surface area contributed by atoms with Crippen LogP contribution in [-0.2, 0) is 16.0 Å². The van der Waals surface area contributed by atoms with Crippen molar-refractivity contribution in [3.05, 3.63) is 76.5 Å². The van der Waals surface area contributed by atoms with Gasteiger partial charge < -0.3 is 10.2 Å². The van der Waals surface area contributed by atoms with Gasteiger partial charge in [0.05, 0.1) is 11.6 Å². The number of benzene rings is 2. The van der Waals surface area contributed by atoms with Gasteiger partial charge in [0.1, 0.15) is 22.9 Å². The molecule has 0 radical (unpaired) electrons. The van der Waals surface area contributed by atoms with Gasteiger partial charge in [-0.2, -0.15) is 5.26 Å². The maximum Gasteiger partial charge on any atom is 0.271 e. The molecule has 29 heavy (non-hydrogen) atoms. The minimum Gasteiger partial charge on any atom is -0.326 e. The molecule has 2 aromatic rings. The van der Waals surface area contributed by atoms with E-state index in [2.05, 4.69) is 5.32 Å². The van der Waals surface area contributed by atoms with Crippen molar-refractivity contribution in [1.29, 1.82) is 5.26 Å². The lowest BCUT2D eigenvalue weighted by Crippen LogP contribution is -2.64. The molecule has 1 aliphatic rings. The van der Waals surface area contributed by atoms with E-state index in [9.17, 15) is 23.6 Å². The summed E-state index contributed by atoms with van der Waals surface area (Å²) < 4.78 is 27.6. The summed E-state index contributed by atoms with van der Waals surface area (Å²) in [4.78, 5) is 27.3. The molecule has 3 rings (SSSR count). The summed E-state index contributed by atoms with van der Waals surface area (Å²) >= 11 is 0. The monoisotopic (exact) mass is 395 g/mol. The van der Waals surface area contributed by atoms with Crippen LogP contribution in [0.3, 0.4) is 0 Å². The number of carbonyl (C=O) groups is 2. The van der Waals surface area contributed by atoms with E-state index in [1.807, 2.05) is 6.07 Å². The molecule has 5 nitrogen and oxygen atoms in total. The number of allylic oxidation sites excluding steroid dienone is 1. The number of likely N-dealkylation sites (N-methyl/N-ethyl adjacent to an activating group) is 1. The van der Waals surface area contributed by atoms with Gasteiger partial charge >= 0.3 is 0 Å². The van der Waals surface area contributed by atoms with Gasteiger partial charge in [0.2, 0.25) is 0 Å². The minimum atomic E-state index is -1.22. The Morgan fingerprint density at radius 1 is 1.17 bits per heavy atom. The topological polar surface area (TPSA) is 73.2 Å². The van der Waals surface area contributed by atoms with E-state index in [-0.39, 0.29) is 28.8 Å². The SMILES string of the molecule is CC(=C1NC(=O)C(C)(Cc2ccc(F)cc2)N(C)C1=O)c1c(F)cccc1C#N. The van der Waals surface area contributed by atoms with E-state index in [0.29, 0.717) is 5.56 Å². The van der Waals surface area contributed by atoms with Crippen LogP contribution in [0.1, 0.15) is 30.5 Å². The summed E-state index contributed by atoms with van der Waals surface area (Å²) in [6.45, 7) is 3.10. The van der Waals surface area contributed by atoms with E-state index in [0.717, 1.165) is 0 Å². The molecule has 0 bridgehead atoms. The number of nitriles is 1. The smallest absolute Gasteiger partial charge is 0.271 e.